The van der Waals surface area contributed by atoms with Crippen molar-refractivity contribution in [2.75, 3.05) is 0 Å². The maximum Gasteiger partial charge on any atom is 0.244 e. The molecule has 0 unspecified atom stereocenters. The first kappa shape index (κ1) is 13.5. The number of phenols is 1. The molecule has 0 fully saturated rings. The van der Waals surface area contributed by atoms with Gasteiger partial charge in [0.05, 0.1) is 6.04 Å². The first-order valence-corrected chi connectivity index (χ1v) is 5.87. The largest absolute Gasteiger partial charge is 0.505 e. The molecule has 0 aliphatic carbocycles. The number of aromatic nitrogens is 2. The molecule has 0 spiro atoms. The van der Waals surface area contributed by atoms with E-state index in [9.17, 15) is 4.39 Å². The smallest absolute Gasteiger partial charge is 0.244 e. The van der Waals surface area contributed by atoms with Gasteiger partial charge < -0.3 is 15.4 Å². The van der Waals surface area contributed by atoms with E-state index >= 15 is 0 Å². The third-order valence-corrected chi connectivity index (χ3v) is 2.85. The monoisotopic (exact) mass is 265 g/mol. The minimum absolute atomic E-state index is 0.218. The molecule has 1 aromatic carbocycles. The highest BCUT2D eigenvalue weighted by Crippen LogP contribution is 2.31. The van der Waals surface area contributed by atoms with Gasteiger partial charge in [0.15, 0.2) is 11.6 Å². The van der Waals surface area contributed by atoms with Crippen LogP contribution in [0.5, 0.6) is 5.75 Å². The van der Waals surface area contributed by atoms with Gasteiger partial charge in [0.25, 0.3) is 0 Å². The number of aromatic hydroxyl groups is 1. The van der Waals surface area contributed by atoms with E-state index in [1.807, 2.05) is 20.8 Å². The van der Waals surface area contributed by atoms with Crippen LogP contribution >= 0.6 is 0 Å². The maximum absolute atomic E-state index is 13.3. The fourth-order valence-electron chi connectivity index (χ4n) is 1.50. The summed E-state index contributed by atoms with van der Waals surface area (Å²) in [5, 5.41) is 12.9. The second-order valence-corrected chi connectivity index (χ2v) is 5.47. The van der Waals surface area contributed by atoms with Crippen molar-refractivity contribution in [3.8, 4) is 17.1 Å². The zero-order valence-corrected chi connectivity index (χ0v) is 11.0. The zero-order chi connectivity index (χ0) is 14.2. The number of phenolic OH excluding ortho intramolecular Hbond substituents is 1. The first-order valence-electron chi connectivity index (χ1n) is 5.87. The number of halogens is 1. The van der Waals surface area contributed by atoms with Gasteiger partial charge in [-0.3, -0.25) is 0 Å². The molecule has 0 aliphatic rings. The Morgan fingerprint density at radius 2 is 2.05 bits per heavy atom. The minimum Gasteiger partial charge on any atom is -0.505 e. The van der Waals surface area contributed by atoms with Crippen LogP contribution in [0.3, 0.4) is 0 Å². The quantitative estimate of drug-likeness (QED) is 0.871. The predicted octanol–water partition coefficient (Wildman–Crippen LogP) is 2.63. The van der Waals surface area contributed by atoms with Crippen molar-refractivity contribution in [1.29, 1.82) is 0 Å². The predicted molar refractivity (Wildman–Crippen MR) is 67.7 cm³/mol. The van der Waals surface area contributed by atoms with E-state index in [1.165, 1.54) is 12.1 Å². The van der Waals surface area contributed by atoms with Crippen molar-refractivity contribution in [2.45, 2.75) is 26.8 Å². The van der Waals surface area contributed by atoms with Crippen molar-refractivity contribution >= 4 is 0 Å². The SMILES string of the molecule is CC(C)(C)[C@H](N)c1nc(-c2ccc(O)c(F)c2)no1. The van der Waals surface area contributed by atoms with E-state index < -0.39 is 17.6 Å². The topological polar surface area (TPSA) is 85.2 Å². The Hall–Kier alpha value is -1.95. The fraction of sp³-hybridized carbons (Fsp3) is 0.385. The Balaban J connectivity index is 2.33. The number of hydrogen-bond acceptors (Lipinski definition) is 5. The van der Waals surface area contributed by atoms with Crippen LogP contribution in [0.4, 0.5) is 4.39 Å². The second kappa shape index (κ2) is 4.62. The molecule has 3 N–H and O–H groups in total. The molecule has 0 aliphatic heterocycles. The van der Waals surface area contributed by atoms with E-state index in [-0.39, 0.29) is 11.2 Å². The minimum atomic E-state index is -0.732. The molecule has 102 valence electrons. The fourth-order valence-corrected chi connectivity index (χ4v) is 1.50. The number of nitrogens with two attached hydrogens (primary N) is 1. The van der Waals surface area contributed by atoms with Crippen molar-refractivity contribution in [2.24, 2.45) is 11.1 Å². The van der Waals surface area contributed by atoms with Crippen LogP contribution in [0.2, 0.25) is 0 Å². The molecule has 6 heteroatoms. The summed E-state index contributed by atoms with van der Waals surface area (Å²) < 4.78 is 18.4. The van der Waals surface area contributed by atoms with Gasteiger partial charge in [0.2, 0.25) is 11.7 Å². The Morgan fingerprint density at radius 1 is 1.37 bits per heavy atom. The van der Waals surface area contributed by atoms with Crippen LogP contribution in [0.15, 0.2) is 22.7 Å². The van der Waals surface area contributed by atoms with Crippen LogP contribution in [0.1, 0.15) is 32.7 Å². The molecule has 0 radical (unpaired) electrons. The normalized spacial score (nSPS) is 13.5. The summed E-state index contributed by atoms with van der Waals surface area (Å²) in [7, 11) is 0. The van der Waals surface area contributed by atoms with E-state index in [0.717, 1.165) is 6.07 Å². The zero-order valence-electron chi connectivity index (χ0n) is 11.0. The molecular weight excluding hydrogens is 249 g/mol. The molecule has 19 heavy (non-hydrogen) atoms. The average molecular weight is 265 g/mol. The molecule has 0 saturated carbocycles. The molecule has 0 saturated heterocycles. The van der Waals surface area contributed by atoms with Gasteiger partial charge in [0.1, 0.15) is 0 Å². The number of rotatable bonds is 2. The van der Waals surface area contributed by atoms with Crippen LogP contribution < -0.4 is 5.73 Å². The molecule has 2 aromatic rings. The molecule has 2 rings (SSSR count). The Labute approximate surface area is 110 Å². The van der Waals surface area contributed by atoms with Crippen molar-refractivity contribution in [1.82, 2.24) is 10.1 Å². The Morgan fingerprint density at radius 3 is 2.63 bits per heavy atom. The lowest BCUT2D eigenvalue weighted by Gasteiger charge is -2.23. The van der Waals surface area contributed by atoms with Gasteiger partial charge in [-0.25, -0.2) is 4.39 Å². The molecule has 1 atom stereocenters. The maximum atomic E-state index is 13.3. The lowest BCUT2D eigenvalue weighted by Crippen LogP contribution is -2.26. The van der Waals surface area contributed by atoms with E-state index in [0.29, 0.717) is 11.5 Å². The van der Waals surface area contributed by atoms with Gasteiger partial charge in [-0.15, -0.1) is 0 Å². The lowest BCUT2D eigenvalue weighted by molar-refractivity contribution is 0.253. The van der Waals surface area contributed by atoms with E-state index in [1.54, 1.807) is 0 Å². The van der Waals surface area contributed by atoms with Gasteiger partial charge in [-0.1, -0.05) is 25.9 Å². The molecule has 0 amide bonds. The van der Waals surface area contributed by atoms with Crippen LogP contribution in [0.25, 0.3) is 11.4 Å². The molecule has 1 aromatic heterocycles. The number of nitrogens with zero attached hydrogens (tertiary/aromatic N) is 2. The van der Waals surface area contributed by atoms with Gasteiger partial charge in [0, 0.05) is 5.56 Å². The lowest BCUT2D eigenvalue weighted by atomic mass is 9.87. The highest BCUT2D eigenvalue weighted by atomic mass is 19.1. The molecule has 1 heterocycles. The van der Waals surface area contributed by atoms with Crippen molar-refractivity contribution in [3.05, 3.63) is 29.9 Å². The Kier molecular flexibility index (Phi) is 3.28. The third-order valence-electron chi connectivity index (χ3n) is 2.85. The van der Waals surface area contributed by atoms with E-state index in [4.69, 9.17) is 15.4 Å². The van der Waals surface area contributed by atoms with E-state index in [2.05, 4.69) is 10.1 Å². The third kappa shape index (κ3) is 2.73. The van der Waals surface area contributed by atoms with Crippen LogP contribution in [-0.2, 0) is 0 Å². The summed E-state index contributed by atoms with van der Waals surface area (Å²) in [5.41, 5.74) is 6.21. The van der Waals surface area contributed by atoms with Gasteiger partial charge in [-0.2, -0.15) is 4.98 Å². The molecule has 5 nitrogen and oxygen atoms in total. The summed E-state index contributed by atoms with van der Waals surface area (Å²) in [5.74, 6) is -0.604. The number of benzene rings is 1. The summed E-state index contributed by atoms with van der Waals surface area (Å²) in [6.45, 7) is 5.88. The van der Waals surface area contributed by atoms with Crippen molar-refractivity contribution < 1.29 is 14.0 Å². The summed E-state index contributed by atoms with van der Waals surface area (Å²) in [6, 6.07) is 3.49. The second-order valence-electron chi connectivity index (χ2n) is 5.47. The van der Waals surface area contributed by atoms with Crippen molar-refractivity contribution in [3.63, 3.8) is 0 Å². The van der Waals surface area contributed by atoms with Crippen LogP contribution in [-0.4, -0.2) is 15.2 Å². The standard InChI is InChI=1S/C13H16FN3O2/c1-13(2,3)10(15)12-16-11(17-19-12)7-4-5-9(18)8(14)6-7/h4-6,10,18H,15H2,1-3H3/t10-/m1/s1. The molecular formula is C13H16FN3O2. The Bertz CT molecular complexity index is 590. The first-order chi connectivity index (χ1) is 8.79. The summed E-state index contributed by atoms with van der Waals surface area (Å²) in [6.07, 6.45) is 0. The number of hydrogen-bond donors (Lipinski definition) is 2. The van der Waals surface area contributed by atoms with Gasteiger partial charge in [-0.05, 0) is 23.6 Å². The molecule has 0 bridgehead atoms. The summed E-state index contributed by atoms with van der Waals surface area (Å²) >= 11 is 0. The highest BCUT2D eigenvalue weighted by molar-refractivity contribution is 5.55. The van der Waals surface area contributed by atoms with Crippen LogP contribution in [0, 0.1) is 11.2 Å². The summed E-state index contributed by atoms with van der Waals surface area (Å²) in [4.78, 5) is 4.17. The highest BCUT2D eigenvalue weighted by Gasteiger charge is 2.27. The average Bonchev–Trinajstić information content (AvgIpc) is 2.79. The van der Waals surface area contributed by atoms with Gasteiger partial charge >= 0.3 is 0 Å².